The standard InChI is InChI=1S/C50H100O2S/c1-4-7-10-13-16-19-22-25-28-31-34-37-40-43-46-50(49(51)52,47-44-41-38-35-32-29-26-23-20-17-14-11-8-5-2)53-48-45-42-39-36-33-30-27-24-21-18-15-12-9-6-3/h4-48H2,1-3H3,(H,51,52). The van der Waals surface area contributed by atoms with E-state index in [0.29, 0.717) is 0 Å². The number of hydrogen-bond donors (Lipinski definition) is 1. The van der Waals surface area contributed by atoms with Crippen LogP contribution < -0.4 is 0 Å². The quantitative estimate of drug-likeness (QED) is 0.0627. The predicted molar refractivity (Wildman–Crippen MR) is 243 cm³/mol. The molecule has 1 N–H and O–H groups in total. The Morgan fingerprint density at radius 2 is 0.509 bits per heavy atom. The lowest BCUT2D eigenvalue weighted by molar-refractivity contribution is -0.140. The third-order valence-corrected chi connectivity index (χ3v) is 13.8. The van der Waals surface area contributed by atoms with Crippen LogP contribution in [0, 0.1) is 0 Å². The van der Waals surface area contributed by atoms with E-state index >= 15 is 0 Å². The molecule has 3 heteroatoms. The number of hydrogen-bond acceptors (Lipinski definition) is 2. The van der Waals surface area contributed by atoms with Gasteiger partial charge in [0.2, 0.25) is 0 Å². The Labute approximate surface area is 340 Å². The van der Waals surface area contributed by atoms with E-state index in [1.165, 1.54) is 257 Å². The van der Waals surface area contributed by atoms with Crippen LogP contribution in [0.1, 0.15) is 303 Å². The van der Waals surface area contributed by atoms with Crippen LogP contribution in [0.15, 0.2) is 0 Å². The molecular formula is C50H100O2S. The molecular weight excluding hydrogens is 665 g/mol. The molecule has 0 rings (SSSR count). The second-order valence-electron chi connectivity index (χ2n) is 17.4. The summed E-state index contributed by atoms with van der Waals surface area (Å²) in [6, 6.07) is 0. The zero-order valence-corrected chi connectivity index (χ0v) is 37.9. The van der Waals surface area contributed by atoms with Gasteiger partial charge >= 0.3 is 5.97 Å². The SMILES string of the molecule is CCCCCCCCCCCCCCCCSC(CCCCCCCCCCCCCCCC)(CCCCCCCCCCCCCCCC)C(=O)O. The van der Waals surface area contributed by atoms with Crippen LogP contribution in [0.4, 0.5) is 0 Å². The van der Waals surface area contributed by atoms with Crippen LogP contribution in [0.2, 0.25) is 0 Å². The molecule has 53 heavy (non-hydrogen) atoms. The van der Waals surface area contributed by atoms with E-state index < -0.39 is 10.7 Å². The molecule has 318 valence electrons. The first-order valence-corrected chi connectivity index (χ1v) is 26.0. The maximum Gasteiger partial charge on any atom is 0.319 e. The molecule has 0 radical (unpaired) electrons. The van der Waals surface area contributed by atoms with Crippen molar-refractivity contribution in [3.05, 3.63) is 0 Å². The molecule has 0 spiro atoms. The van der Waals surface area contributed by atoms with Crippen molar-refractivity contribution in [2.75, 3.05) is 5.75 Å². The Balaban J connectivity index is 4.34. The van der Waals surface area contributed by atoms with Gasteiger partial charge in [0.25, 0.3) is 0 Å². The number of unbranched alkanes of at least 4 members (excludes halogenated alkanes) is 39. The van der Waals surface area contributed by atoms with Crippen molar-refractivity contribution in [3.63, 3.8) is 0 Å². The molecule has 0 aromatic carbocycles. The van der Waals surface area contributed by atoms with Crippen molar-refractivity contribution in [3.8, 4) is 0 Å². The van der Waals surface area contributed by atoms with Crippen molar-refractivity contribution in [1.82, 2.24) is 0 Å². The van der Waals surface area contributed by atoms with Gasteiger partial charge in [-0.2, -0.15) is 0 Å². The fraction of sp³-hybridized carbons (Fsp3) is 0.980. The lowest BCUT2D eigenvalue weighted by Gasteiger charge is -2.29. The van der Waals surface area contributed by atoms with Crippen molar-refractivity contribution in [2.24, 2.45) is 0 Å². The van der Waals surface area contributed by atoms with Gasteiger partial charge in [0.15, 0.2) is 0 Å². The van der Waals surface area contributed by atoms with Crippen LogP contribution in [-0.4, -0.2) is 21.6 Å². The highest BCUT2D eigenvalue weighted by molar-refractivity contribution is 8.01. The molecule has 0 fully saturated rings. The van der Waals surface area contributed by atoms with Crippen LogP contribution >= 0.6 is 11.8 Å². The average molecular weight is 765 g/mol. The molecule has 2 nitrogen and oxygen atoms in total. The Hall–Kier alpha value is -0.180. The van der Waals surface area contributed by atoms with Crippen LogP contribution in [0.3, 0.4) is 0 Å². The van der Waals surface area contributed by atoms with Crippen LogP contribution in [-0.2, 0) is 4.79 Å². The topological polar surface area (TPSA) is 37.3 Å². The summed E-state index contributed by atoms with van der Waals surface area (Å²) in [6.45, 7) is 6.89. The summed E-state index contributed by atoms with van der Waals surface area (Å²) in [4.78, 5) is 12.9. The van der Waals surface area contributed by atoms with Gasteiger partial charge in [-0.15, -0.1) is 11.8 Å². The summed E-state index contributed by atoms with van der Waals surface area (Å²) < 4.78 is -0.551. The van der Waals surface area contributed by atoms with E-state index in [1.54, 1.807) is 0 Å². The van der Waals surface area contributed by atoms with E-state index in [-0.39, 0.29) is 0 Å². The van der Waals surface area contributed by atoms with Gasteiger partial charge in [-0.25, -0.2) is 0 Å². The van der Waals surface area contributed by atoms with Crippen molar-refractivity contribution in [2.45, 2.75) is 308 Å². The summed E-state index contributed by atoms with van der Waals surface area (Å²) >= 11 is 1.83. The zero-order chi connectivity index (χ0) is 38.6. The summed E-state index contributed by atoms with van der Waals surface area (Å²) in [5, 5.41) is 10.6. The monoisotopic (exact) mass is 765 g/mol. The van der Waals surface area contributed by atoms with E-state index in [4.69, 9.17) is 0 Å². The van der Waals surface area contributed by atoms with E-state index in [2.05, 4.69) is 20.8 Å². The highest BCUT2D eigenvalue weighted by atomic mass is 32.2. The van der Waals surface area contributed by atoms with Gasteiger partial charge in [-0.05, 0) is 25.0 Å². The zero-order valence-electron chi connectivity index (χ0n) is 37.1. The number of rotatable bonds is 47. The molecule has 0 heterocycles. The summed E-state index contributed by atoms with van der Waals surface area (Å²) in [5.74, 6) is 0.513. The first kappa shape index (κ1) is 52.8. The third kappa shape index (κ3) is 38.5. The molecule has 0 aliphatic rings. The van der Waals surface area contributed by atoms with Crippen molar-refractivity contribution in [1.29, 1.82) is 0 Å². The Bertz CT molecular complexity index is 661. The Morgan fingerprint density at radius 3 is 0.717 bits per heavy atom. The summed E-state index contributed by atoms with van der Waals surface area (Å²) in [6.07, 6.45) is 59.0. The maximum atomic E-state index is 12.9. The molecule has 0 aliphatic carbocycles. The Morgan fingerprint density at radius 1 is 0.321 bits per heavy atom. The first-order valence-electron chi connectivity index (χ1n) is 25.0. The minimum absolute atomic E-state index is 0.516. The molecule has 0 bridgehead atoms. The van der Waals surface area contributed by atoms with Crippen LogP contribution in [0.25, 0.3) is 0 Å². The van der Waals surface area contributed by atoms with Gasteiger partial charge in [-0.3, -0.25) is 4.79 Å². The van der Waals surface area contributed by atoms with Crippen molar-refractivity contribution >= 4 is 17.7 Å². The highest BCUT2D eigenvalue weighted by Crippen LogP contribution is 2.38. The number of carboxylic acid groups (broad SMARTS) is 1. The molecule has 0 saturated heterocycles. The minimum atomic E-state index is -0.551. The lowest BCUT2D eigenvalue weighted by atomic mass is 9.93. The van der Waals surface area contributed by atoms with E-state index in [9.17, 15) is 9.90 Å². The third-order valence-electron chi connectivity index (χ3n) is 12.1. The summed E-state index contributed by atoms with van der Waals surface area (Å²) in [5.41, 5.74) is 0. The predicted octanol–water partition coefficient (Wildman–Crippen LogP) is 18.8. The minimum Gasteiger partial charge on any atom is -0.480 e. The first-order chi connectivity index (χ1) is 26.1. The second-order valence-corrected chi connectivity index (χ2v) is 18.9. The van der Waals surface area contributed by atoms with E-state index in [1.807, 2.05) is 11.8 Å². The van der Waals surface area contributed by atoms with E-state index in [0.717, 1.165) is 31.4 Å². The molecule has 0 aromatic heterocycles. The lowest BCUT2D eigenvalue weighted by Crippen LogP contribution is -2.35. The van der Waals surface area contributed by atoms with Gasteiger partial charge in [0, 0.05) is 0 Å². The van der Waals surface area contributed by atoms with Gasteiger partial charge in [0.05, 0.1) is 0 Å². The summed E-state index contributed by atoms with van der Waals surface area (Å²) in [7, 11) is 0. The number of thioether (sulfide) groups is 1. The fourth-order valence-corrected chi connectivity index (χ4v) is 9.76. The maximum absolute atomic E-state index is 12.9. The Kier molecular flexibility index (Phi) is 44.4. The number of aliphatic carboxylic acids is 1. The molecule has 0 aliphatic heterocycles. The molecule has 0 unspecified atom stereocenters. The van der Waals surface area contributed by atoms with Crippen molar-refractivity contribution < 1.29 is 9.90 Å². The fourth-order valence-electron chi connectivity index (χ4n) is 8.32. The average Bonchev–Trinajstić information content (AvgIpc) is 3.16. The van der Waals surface area contributed by atoms with Gasteiger partial charge in [-0.1, -0.05) is 284 Å². The number of carboxylic acids is 1. The van der Waals surface area contributed by atoms with Gasteiger partial charge in [0.1, 0.15) is 4.75 Å². The molecule has 0 aromatic rings. The number of carbonyl (C=O) groups is 1. The smallest absolute Gasteiger partial charge is 0.319 e. The molecule has 0 saturated carbocycles. The molecule has 0 atom stereocenters. The highest BCUT2D eigenvalue weighted by Gasteiger charge is 2.37. The second kappa shape index (κ2) is 44.5. The molecule has 0 amide bonds. The van der Waals surface area contributed by atoms with Gasteiger partial charge < -0.3 is 5.11 Å². The normalized spacial score (nSPS) is 11.9. The van der Waals surface area contributed by atoms with Crippen LogP contribution in [0.5, 0.6) is 0 Å². The largest absolute Gasteiger partial charge is 0.480 e.